The molecule has 3 saturated heterocycles. The molecule has 9 nitrogen and oxygen atoms in total. The molecule has 11 heteroatoms. The fourth-order valence-electron chi connectivity index (χ4n) is 6.06. The minimum absolute atomic E-state index is 0.0405. The van der Waals surface area contributed by atoms with Crippen LogP contribution in [0.15, 0.2) is 79.9 Å². The number of aliphatic imine (C=N–C) groups is 1. The number of likely N-dealkylation sites (tertiary alicyclic amines) is 1. The highest BCUT2D eigenvalue weighted by atomic mass is 35.5. The first-order valence-corrected chi connectivity index (χ1v) is 16.1. The van der Waals surface area contributed by atoms with E-state index in [-0.39, 0.29) is 17.7 Å². The average molecular weight is 624 g/mol. The quantitative estimate of drug-likeness (QED) is 0.397. The van der Waals surface area contributed by atoms with E-state index < -0.39 is 0 Å². The zero-order valence-corrected chi connectivity index (χ0v) is 25.7. The highest BCUT2D eigenvalue weighted by Gasteiger charge is 2.39. The molecule has 7 rings (SSSR count). The number of hydrogen-bond acceptors (Lipinski definition) is 9. The summed E-state index contributed by atoms with van der Waals surface area (Å²) in [6.45, 7) is 9.71. The van der Waals surface area contributed by atoms with E-state index >= 15 is 0 Å². The second kappa shape index (κ2) is 14.3. The van der Waals surface area contributed by atoms with Crippen LogP contribution < -0.4 is 5.32 Å². The Kier molecular flexibility index (Phi) is 10.0. The molecular formula is C32H38ClN5O4S. The Bertz CT molecular complexity index is 1410. The topological polar surface area (TPSA) is 93.8 Å². The van der Waals surface area contributed by atoms with Crippen LogP contribution in [0.2, 0.25) is 5.22 Å². The number of amidine groups is 1. The molecule has 2 atom stereocenters. The molecule has 0 saturated carbocycles. The highest BCUT2D eigenvalue weighted by molar-refractivity contribution is 7.99. The minimum Gasteiger partial charge on any atom is -0.440 e. The Morgan fingerprint density at radius 3 is 2.42 bits per heavy atom. The van der Waals surface area contributed by atoms with Crippen LogP contribution >= 0.6 is 23.4 Å². The van der Waals surface area contributed by atoms with Crippen molar-refractivity contribution in [3.05, 3.63) is 77.2 Å². The number of rotatable bonds is 6. The Labute approximate surface area is 261 Å². The lowest BCUT2D eigenvalue weighted by atomic mass is 10.0. The van der Waals surface area contributed by atoms with Crippen LogP contribution in [0.4, 0.5) is 5.69 Å². The number of carbonyl (C=O) groups is 1. The van der Waals surface area contributed by atoms with Gasteiger partial charge in [-0.1, -0.05) is 42.1 Å². The Morgan fingerprint density at radius 1 is 0.977 bits per heavy atom. The van der Waals surface area contributed by atoms with Gasteiger partial charge in [0.15, 0.2) is 11.0 Å². The van der Waals surface area contributed by atoms with Gasteiger partial charge in [0.1, 0.15) is 5.84 Å². The number of hydrogen-bond donors (Lipinski definition) is 2. The van der Waals surface area contributed by atoms with E-state index in [0.29, 0.717) is 30.8 Å². The van der Waals surface area contributed by atoms with E-state index in [1.54, 1.807) is 23.9 Å². The number of piperazine rings is 1. The summed E-state index contributed by atoms with van der Waals surface area (Å²) in [5.74, 6) is 2.60. The van der Waals surface area contributed by atoms with Gasteiger partial charge in [0.2, 0.25) is 0 Å². The van der Waals surface area contributed by atoms with Crippen LogP contribution in [-0.2, 0) is 4.74 Å². The monoisotopic (exact) mass is 623 g/mol. The molecule has 2 N–H and O–H groups in total. The number of ether oxygens (including phenoxy) is 1. The molecule has 1 amide bonds. The predicted octanol–water partition coefficient (Wildman–Crippen LogP) is 4.08. The molecule has 4 aliphatic rings. The molecule has 228 valence electrons. The molecule has 0 radical (unpaired) electrons. The molecule has 0 spiro atoms. The van der Waals surface area contributed by atoms with Crippen molar-refractivity contribution in [1.29, 1.82) is 0 Å². The summed E-state index contributed by atoms with van der Waals surface area (Å²) in [6.07, 6.45) is 0. The van der Waals surface area contributed by atoms with Gasteiger partial charge in [-0.25, -0.2) is 4.99 Å². The number of fused-ring (bicyclic) bond motifs is 3. The van der Waals surface area contributed by atoms with Crippen molar-refractivity contribution in [2.45, 2.75) is 9.79 Å². The smallest absolute Gasteiger partial charge is 0.289 e. The third kappa shape index (κ3) is 7.28. The number of aliphatic hydroxyl groups is 1. The van der Waals surface area contributed by atoms with Crippen molar-refractivity contribution in [1.82, 2.24) is 20.0 Å². The molecule has 1 aromatic heterocycles. The fourth-order valence-corrected chi connectivity index (χ4v) is 7.22. The third-order valence-electron chi connectivity index (χ3n) is 8.36. The highest BCUT2D eigenvalue weighted by Crippen LogP contribution is 2.40. The van der Waals surface area contributed by atoms with Gasteiger partial charge in [-0.3, -0.25) is 9.69 Å². The van der Waals surface area contributed by atoms with Crippen molar-refractivity contribution in [3.8, 4) is 0 Å². The van der Waals surface area contributed by atoms with Crippen LogP contribution in [0.3, 0.4) is 0 Å². The zero-order valence-electron chi connectivity index (χ0n) is 24.2. The number of aliphatic hydroxyl groups excluding tert-OH is 1. The van der Waals surface area contributed by atoms with Gasteiger partial charge in [-0.15, -0.1) is 0 Å². The largest absolute Gasteiger partial charge is 0.440 e. The number of furan rings is 1. The number of nitrogens with zero attached hydrogens (tertiary/aromatic N) is 4. The van der Waals surface area contributed by atoms with Gasteiger partial charge >= 0.3 is 0 Å². The first kappa shape index (κ1) is 30.2. The minimum atomic E-state index is -0.0405. The maximum Gasteiger partial charge on any atom is 0.289 e. The second-order valence-electron chi connectivity index (χ2n) is 11.2. The van der Waals surface area contributed by atoms with Gasteiger partial charge < -0.3 is 29.4 Å². The number of benzene rings is 2. The molecule has 4 aliphatic heterocycles. The Morgan fingerprint density at radius 2 is 1.70 bits per heavy atom. The normalized spacial score (nSPS) is 21.3. The average Bonchev–Trinajstić information content (AvgIpc) is 3.74. The van der Waals surface area contributed by atoms with Crippen molar-refractivity contribution in [3.63, 3.8) is 0 Å². The lowest BCUT2D eigenvalue weighted by Crippen LogP contribution is -2.49. The number of amides is 1. The summed E-state index contributed by atoms with van der Waals surface area (Å²) in [5.41, 5.74) is 2.27. The van der Waals surface area contributed by atoms with Gasteiger partial charge in [0, 0.05) is 74.3 Å². The molecule has 0 aliphatic carbocycles. The van der Waals surface area contributed by atoms with Crippen LogP contribution in [0.5, 0.6) is 0 Å². The lowest BCUT2D eigenvalue weighted by Gasteiger charge is -2.36. The molecule has 2 unspecified atom stereocenters. The molecule has 0 bridgehead atoms. The molecule has 43 heavy (non-hydrogen) atoms. The first-order valence-electron chi connectivity index (χ1n) is 15.0. The maximum atomic E-state index is 12.0. The van der Waals surface area contributed by atoms with Crippen molar-refractivity contribution in [2.75, 3.05) is 78.7 Å². The summed E-state index contributed by atoms with van der Waals surface area (Å²) in [5, 5.41) is 12.4. The van der Waals surface area contributed by atoms with E-state index in [0.717, 1.165) is 70.4 Å². The summed E-state index contributed by atoms with van der Waals surface area (Å²) < 4.78 is 10.5. The van der Waals surface area contributed by atoms with Gasteiger partial charge in [0.05, 0.1) is 25.5 Å². The van der Waals surface area contributed by atoms with E-state index in [9.17, 15) is 4.79 Å². The van der Waals surface area contributed by atoms with E-state index in [1.807, 2.05) is 4.90 Å². The summed E-state index contributed by atoms with van der Waals surface area (Å²) in [6, 6.07) is 20.2. The maximum absolute atomic E-state index is 12.0. The standard InChI is InChI=1S/C21H25N3O2S.C11H13ClN2O2/c25-14-16-26-15-13-23-9-11-24(12-10-23)21-17-5-1-3-7-19(17)27-20-8-4-2-6-18(20)22-21;12-10-2-1-9(16-10)11(15)14-5-7-3-13-4-8(7)6-14/h1-8,25H,9-16H2;1-2,7-8,13H,3-6H2. The Hall–Kier alpha value is -2.86. The summed E-state index contributed by atoms with van der Waals surface area (Å²) >= 11 is 7.46. The number of halogens is 1. The van der Waals surface area contributed by atoms with Crippen LogP contribution in [0.25, 0.3) is 0 Å². The predicted molar refractivity (Wildman–Crippen MR) is 169 cm³/mol. The van der Waals surface area contributed by atoms with Gasteiger partial charge in [-0.2, -0.15) is 0 Å². The van der Waals surface area contributed by atoms with E-state index in [1.165, 1.54) is 15.4 Å². The zero-order chi connectivity index (χ0) is 29.6. The summed E-state index contributed by atoms with van der Waals surface area (Å²) in [7, 11) is 0. The fraction of sp³-hybridized carbons (Fsp3) is 0.438. The van der Waals surface area contributed by atoms with Crippen LogP contribution in [0.1, 0.15) is 16.1 Å². The number of para-hydroxylation sites is 1. The van der Waals surface area contributed by atoms with Crippen LogP contribution in [0, 0.1) is 11.8 Å². The van der Waals surface area contributed by atoms with E-state index in [4.69, 9.17) is 30.9 Å². The molecule has 2 aromatic carbocycles. The lowest BCUT2D eigenvalue weighted by molar-refractivity contribution is 0.0652. The van der Waals surface area contributed by atoms with Gasteiger partial charge in [-0.05, 0) is 53.8 Å². The van der Waals surface area contributed by atoms with Crippen molar-refractivity contribution < 1.29 is 19.1 Å². The number of nitrogens with one attached hydrogen (secondary N) is 1. The van der Waals surface area contributed by atoms with Crippen molar-refractivity contribution in [2.24, 2.45) is 16.8 Å². The molecule has 3 aromatic rings. The van der Waals surface area contributed by atoms with E-state index in [2.05, 4.69) is 63.6 Å². The van der Waals surface area contributed by atoms with Crippen LogP contribution in [-0.4, -0.2) is 110 Å². The Balaban J connectivity index is 0.000000174. The molecule has 5 heterocycles. The van der Waals surface area contributed by atoms with Crippen molar-refractivity contribution >= 4 is 40.8 Å². The molecule has 3 fully saturated rings. The molecular weight excluding hydrogens is 586 g/mol. The second-order valence-corrected chi connectivity index (χ2v) is 12.6. The first-order chi connectivity index (χ1) is 21.1. The SMILES string of the molecule is O=C(c1ccc(Cl)o1)N1CC2CNCC2C1.OCCOCCN1CCN(C2=Nc3ccccc3Sc3ccccc32)CC1. The third-order valence-corrected chi connectivity index (χ3v) is 9.70. The van der Waals surface area contributed by atoms with Gasteiger partial charge in [0.25, 0.3) is 5.91 Å². The summed E-state index contributed by atoms with van der Waals surface area (Å²) in [4.78, 5) is 26.3. The number of carbonyl (C=O) groups excluding carboxylic acids is 1.